The van der Waals surface area contributed by atoms with Crippen molar-refractivity contribution in [1.29, 1.82) is 0 Å². The van der Waals surface area contributed by atoms with Gasteiger partial charge in [-0.1, -0.05) is 17.7 Å². The molecule has 4 rings (SSSR count). The van der Waals surface area contributed by atoms with Crippen LogP contribution in [-0.4, -0.2) is 37.4 Å². The van der Waals surface area contributed by atoms with E-state index in [1.54, 1.807) is 22.5 Å². The number of aromatic nitrogens is 2. The van der Waals surface area contributed by atoms with Crippen molar-refractivity contribution in [2.24, 2.45) is 5.73 Å². The second kappa shape index (κ2) is 11.8. The standard InChI is InChI=1S/C12H9ClF3N3.C11H12FNO2S/c13-10-2-1-7(3-8(10)4-17)9-5-18-11(19-6-9)12(14,15)16;12-9-3-5-11(6-4-9)16(15)13-7-1-2-10(13)8-14/h1-3,5-6H,4,17H2;3-6,8,10H,1-2,7H2. The van der Waals surface area contributed by atoms with Gasteiger partial charge in [0.05, 0.1) is 10.9 Å². The lowest BCUT2D eigenvalue weighted by Gasteiger charge is -2.18. The Labute approximate surface area is 206 Å². The highest BCUT2D eigenvalue weighted by molar-refractivity contribution is 7.82. The Kier molecular flexibility index (Phi) is 9.06. The number of alkyl halides is 3. The van der Waals surface area contributed by atoms with Crippen molar-refractivity contribution < 1.29 is 26.6 Å². The summed E-state index contributed by atoms with van der Waals surface area (Å²) in [4.78, 5) is 17.9. The van der Waals surface area contributed by atoms with E-state index in [0.717, 1.165) is 31.5 Å². The van der Waals surface area contributed by atoms with Crippen LogP contribution >= 0.6 is 11.6 Å². The smallest absolute Gasteiger partial charge is 0.326 e. The number of benzene rings is 2. The second-order valence-corrected chi connectivity index (χ2v) is 9.34. The molecular weight excluding hydrogens is 508 g/mol. The van der Waals surface area contributed by atoms with E-state index in [-0.39, 0.29) is 18.4 Å². The summed E-state index contributed by atoms with van der Waals surface area (Å²) in [5.41, 5.74) is 7.36. The molecule has 2 atom stereocenters. The first-order chi connectivity index (χ1) is 16.6. The van der Waals surface area contributed by atoms with Gasteiger partial charge < -0.3 is 10.5 Å². The van der Waals surface area contributed by atoms with Crippen molar-refractivity contribution in [2.45, 2.75) is 36.5 Å². The van der Waals surface area contributed by atoms with Crippen LogP contribution in [0.3, 0.4) is 0 Å². The van der Waals surface area contributed by atoms with Crippen LogP contribution in [0.1, 0.15) is 24.2 Å². The lowest BCUT2D eigenvalue weighted by Crippen LogP contribution is -2.32. The van der Waals surface area contributed by atoms with Gasteiger partial charge in [-0.25, -0.2) is 22.9 Å². The van der Waals surface area contributed by atoms with E-state index >= 15 is 0 Å². The van der Waals surface area contributed by atoms with Gasteiger partial charge in [-0.05, 0) is 60.4 Å². The molecule has 2 heterocycles. The van der Waals surface area contributed by atoms with E-state index in [4.69, 9.17) is 17.3 Å². The maximum absolute atomic E-state index is 12.7. The zero-order valence-corrected chi connectivity index (χ0v) is 19.8. The number of hydrogen-bond acceptors (Lipinski definition) is 5. The maximum atomic E-state index is 12.7. The summed E-state index contributed by atoms with van der Waals surface area (Å²) in [6.07, 6.45) is 0.154. The Bertz CT molecular complexity index is 1180. The zero-order chi connectivity index (χ0) is 25.6. The molecule has 1 fully saturated rings. The van der Waals surface area contributed by atoms with E-state index in [2.05, 4.69) is 9.97 Å². The van der Waals surface area contributed by atoms with Crippen molar-refractivity contribution in [3.05, 3.63) is 77.1 Å². The minimum Gasteiger partial charge on any atom is -0.326 e. The fraction of sp³-hybridized carbons (Fsp3) is 0.261. The fourth-order valence-corrected chi connectivity index (χ4v) is 4.86. The van der Waals surface area contributed by atoms with Gasteiger partial charge in [-0.2, -0.15) is 13.2 Å². The molecule has 1 aliphatic rings. The highest BCUT2D eigenvalue weighted by Gasteiger charge is 2.34. The largest absolute Gasteiger partial charge is 0.451 e. The zero-order valence-electron chi connectivity index (χ0n) is 18.2. The van der Waals surface area contributed by atoms with E-state index in [1.807, 2.05) is 0 Å². The van der Waals surface area contributed by atoms with Gasteiger partial charge in [0, 0.05) is 36.1 Å². The second-order valence-electron chi connectivity index (χ2n) is 7.49. The molecule has 35 heavy (non-hydrogen) atoms. The number of nitrogens with zero attached hydrogens (tertiary/aromatic N) is 3. The quantitative estimate of drug-likeness (QED) is 0.380. The van der Waals surface area contributed by atoms with Crippen LogP contribution in [-0.2, 0) is 28.5 Å². The third kappa shape index (κ3) is 6.91. The van der Waals surface area contributed by atoms with Crippen LogP contribution in [0.25, 0.3) is 11.1 Å². The lowest BCUT2D eigenvalue weighted by atomic mass is 10.1. The average Bonchev–Trinajstić information content (AvgIpc) is 3.33. The van der Waals surface area contributed by atoms with Gasteiger partial charge in [-0.3, -0.25) is 0 Å². The van der Waals surface area contributed by atoms with Crippen molar-refractivity contribution in [2.75, 3.05) is 6.54 Å². The van der Waals surface area contributed by atoms with Crippen molar-refractivity contribution in [3.63, 3.8) is 0 Å². The van der Waals surface area contributed by atoms with Gasteiger partial charge in [0.25, 0.3) is 0 Å². The highest BCUT2D eigenvalue weighted by Crippen LogP contribution is 2.28. The third-order valence-electron chi connectivity index (χ3n) is 5.14. The first-order valence-corrected chi connectivity index (χ1v) is 11.9. The Morgan fingerprint density at radius 3 is 2.34 bits per heavy atom. The fourth-order valence-electron chi connectivity index (χ4n) is 3.33. The van der Waals surface area contributed by atoms with Gasteiger partial charge in [0.1, 0.15) is 23.1 Å². The summed E-state index contributed by atoms with van der Waals surface area (Å²) in [7, 11) is -1.36. The molecule has 1 saturated heterocycles. The van der Waals surface area contributed by atoms with Gasteiger partial charge >= 0.3 is 6.18 Å². The average molecular weight is 529 g/mol. The summed E-state index contributed by atoms with van der Waals surface area (Å²) < 4.78 is 63.4. The van der Waals surface area contributed by atoms with E-state index in [1.165, 1.54) is 24.3 Å². The molecule has 2 N–H and O–H groups in total. The van der Waals surface area contributed by atoms with Crippen LogP contribution in [0.2, 0.25) is 5.02 Å². The molecule has 6 nitrogen and oxygen atoms in total. The van der Waals surface area contributed by atoms with Crippen LogP contribution in [0.15, 0.2) is 59.8 Å². The van der Waals surface area contributed by atoms with Crippen molar-refractivity contribution in [1.82, 2.24) is 14.3 Å². The van der Waals surface area contributed by atoms with Gasteiger partial charge in [0.2, 0.25) is 5.82 Å². The van der Waals surface area contributed by atoms with E-state index in [9.17, 15) is 26.6 Å². The maximum Gasteiger partial charge on any atom is 0.451 e. The predicted molar refractivity (Wildman–Crippen MR) is 124 cm³/mol. The summed E-state index contributed by atoms with van der Waals surface area (Å²) >= 11 is 5.91. The molecule has 3 aromatic rings. The molecule has 0 spiro atoms. The molecule has 12 heteroatoms. The Morgan fingerprint density at radius 2 is 1.77 bits per heavy atom. The van der Waals surface area contributed by atoms with Crippen LogP contribution < -0.4 is 5.73 Å². The minimum absolute atomic E-state index is 0.244. The Hall–Kier alpha value is -2.73. The van der Waals surface area contributed by atoms with Crippen LogP contribution in [0.5, 0.6) is 0 Å². The van der Waals surface area contributed by atoms with Crippen LogP contribution in [0, 0.1) is 5.82 Å². The van der Waals surface area contributed by atoms with Gasteiger partial charge in [-0.15, -0.1) is 0 Å². The SMILES string of the molecule is NCc1cc(-c2cnc(C(F)(F)F)nc2)ccc1Cl.O=CC1CCCN1S(=O)c1ccc(F)cc1. The molecule has 186 valence electrons. The Morgan fingerprint density at radius 1 is 1.11 bits per heavy atom. The minimum atomic E-state index is -4.54. The van der Waals surface area contributed by atoms with Crippen molar-refractivity contribution >= 4 is 28.9 Å². The molecular formula is C23H21ClF4N4O2S. The van der Waals surface area contributed by atoms with Crippen molar-refractivity contribution in [3.8, 4) is 11.1 Å². The number of nitrogens with two attached hydrogens (primary N) is 1. The molecule has 0 amide bonds. The molecule has 2 aromatic carbocycles. The number of rotatable bonds is 5. The summed E-state index contributed by atoms with van der Waals surface area (Å²) in [5.74, 6) is -1.52. The normalized spacial score (nSPS) is 16.9. The first kappa shape index (κ1) is 26.9. The molecule has 0 radical (unpaired) electrons. The van der Waals surface area contributed by atoms with E-state index in [0.29, 0.717) is 33.2 Å². The van der Waals surface area contributed by atoms with Gasteiger partial charge in [0.15, 0.2) is 0 Å². The predicted octanol–water partition coefficient (Wildman–Crippen LogP) is 4.79. The molecule has 2 unspecified atom stereocenters. The number of halogens is 5. The van der Waals surface area contributed by atoms with E-state index < -0.39 is 23.0 Å². The molecule has 0 aliphatic carbocycles. The summed E-state index contributed by atoms with van der Waals surface area (Å²) in [6, 6.07) is 10.3. The molecule has 1 aromatic heterocycles. The lowest BCUT2D eigenvalue weighted by molar-refractivity contribution is -0.145. The topological polar surface area (TPSA) is 89.2 Å². The summed E-state index contributed by atoms with van der Waals surface area (Å²) in [5, 5.41) is 0.513. The third-order valence-corrected chi connectivity index (χ3v) is 7.06. The number of carbonyl (C=O) groups excluding carboxylic acids is 1. The molecule has 0 saturated carbocycles. The number of aldehydes is 1. The van der Waals surface area contributed by atoms with Crippen LogP contribution in [0.4, 0.5) is 17.6 Å². The summed E-state index contributed by atoms with van der Waals surface area (Å²) in [6.45, 7) is 0.890. The first-order valence-electron chi connectivity index (χ1n) is 10.4. The monoisotopic (exact) mass is 528 g/mol. The molecule has 1 aliphatic heterocycles. The number of hydrogen-bond donors (Lipinski definition) is 1. The highest BCUT2D eigenvalue weighted by atomic mass is 35.5. The Balaban J connectivity index is 0.000000198. The molecule has 0 bridgehead atoms. The number of carbonyl (C=O) groups is 1.